The second kappa shape index (κ2) is 5.97. The Morgan fingerprint density at radius 3 is 2.95 bits per heavy atom. The minimum atomic E-state index is -0.364. The van der Waals surface area contributed by atoms with Crippen LogP contribution in [0.1, 0.15) is 43.8 Å². The second-order valence-corrected chi connectivity index (χ2v) is 5.62. The molecular weight excluding hydrogens is 238 g/mol. The van der Waals surface area contributed by atoms with Gasteiger partial charge >= 0.3 is 0 Å². The third-order valence-corrected chi connectivity index (χ3v) is 4.34. The number of aryl methyl sites for hydroxylation is 1. The molecule has 0 amide bonds. The molecule has 0 saturated heterocycles. The fourth-order valence-electron chi connectivity index (χ4n) is 2.69. The molecule has 4 heteroatoms. The van der Waals surface area contributed by atoms with Crippen molar-refractivity contribution >= 4 is 0 Å². The van der Waals surface area contributed by atoms with Gasteiger partial charge in [0.25, 0.3) is 0 Å². The Hall–Kier alpha value is -1.00. The molecule has 0 fully saturated rings. The smallest absolute Gasteiger partial charge is 0.160 e. The Balaban J connectivity index is 2.22. The highest BCUT2D eigenvalue weighted by Crippen LogP contribution is 2.28. The summed E-state index contributed by atoms with van der Waals surface area (Å²) in [5.41, 5.74) is 2.16. The van der Waals surface area contributed by atoms with Crippen LogP contribution < -0.4 is 5.32 Å². The highest BCUT2D eigenvalue weighted by atomic mass is 16.5. The fourth-order valence-corrected chi connectivity index (χ4v) is 2.69. The Kier molecular flexibility index (Phi) is 4.53. The molecular formula is C15H25N3O. The minimum Gasteiger partial charge on any atom is -0.371 e. The van der Waals surface area contributed by atoms with E-state index < -0.39 is 0 Å². The van der Waals surface area contributed by atoms with E-state index in [0.29, 0.717) is 5.92 Å². The van der Waals surface area contributed by atoms with Crippen LogP contribution in [-0.2, 0) is 23.2 Å². The lowest BCUT2D eigenvalue weighted by atomic mass is 9.87. The molecule has 2 rings (SSSR count). The molecule has 2 unspecified atom stereocenters. The van der Waals surface area contributed by atoms with E-state index in [-0.39, 0.29) is 5.60 Å². The molecule has 19 heavy (non-hydrogen) atoms. The van der Waals surface area contributed by atoms with E-state index in [4.69, 9.17) is 9.72 Å². The SMILES string of the molecule is CCC(C)(OC)c1ncc2c(n1)CCC(CNC)C2. The van der Waals surface area contributed by atoms with Crippen LogP contribution >= 0.6 is 0 Å². The van der Waals surface area contributed by atoms with E-state index in [9.17, 15) is 0 Å². The first kappa shape index (κ1) is 14.4. The van der Waals surface area contributed by atoms with Gasteiger partial charge in [-0.25, -0.2) is 9.97 Å². The maximum atomic E-state index is 5.59. The van der Waals surface area contributed by atoms with Crippen molar-refractivity contribution in [2.45, 2.75) is 45.1 Å². The summed E-state index contributed by atoms with van der Waals surface area (Å²) >= 11 is 0. The lowest BCUT2D eigenvalue weighted by Gasteiger charge is -2.28. The summed E-state index contributed by atoms with van der Waals surface area (Å²) in [6.45, 7) is 5.24. The van der Waals surface area contributed by atoms with Crippen molar-refractivity contribution in [3.05, 3.63) is 23.3 Å². The van der Waals surface area contributed by atoms with Gasteiger partial charge in [0.1, 0.15) is 5.60 Å². The maximum Gasteiger partial charge on any atom is 0.160 e. The van der Waals surface area contributed by atoms with Gasteiger partial charge in [0.2, 0.25) is 0 Å². The molecule has 1 heterocycles. The van der Waals surface area contributed by atoms with Gasteiger partial charge < -0.3 is 10.1 Å². The highest BCUT2D eigenvalue weighted by molar-refractivity contribution is 5.23. The lowest BCUT2D eigenvalue weighted by molar-refractivity contribution is -0.00926. The largest absolute Gasteiger partial charge is 0.371 e. The van der Waals surface area contributed by atoms with Crippen molar-refractivity contribution in [1.29, 1.82) is 0 Å². The average Bonchev–Trinajstić information content (AvgIpc) is 2.46. The van der Waals surface area contributed by atoms with Crippen molar-refractivity contribution < 1.29 is 4.74 Å². The standard InChI is InChI=1S/C15H25N3O/c1-5-15(2,19-4)14-17-10-12-8-11(9-16-3)6-7-13(12)18-14/h10-11,16H,5-9H2,1-4H3. The van der Waals surface area contributed by atoms with Crippen molar-refractivity contribution in [3.63, 3.8) is 0 Å². The third-order valence-electron chi connectivity index (χ3n) is 4.34. The van der Waals surface area contributed by atoms with Gasteiger partial charge in [0, 0.05) is 19.0 Å². The molecule has 0 spiro atoms. The van der Waals surface area contributed by atoms with Crippen LogP contribution in [0.3, 0.4) is 0 Å². The summed E-state index contributed by atoms with van der Waals surface area (Å²) in [5, 5.41) is 3.26. The molecule has 1 aliphatic carbocycles. The predicted molar refractivity (Wildman–Crippen MR) is 76.1 cm³/mol. The molecule has 1 aromatic heterocycles. The van der Waals surface area contributed by atoms with E-state index in [1.165, 1.54) is 17.7 Å². The molecule has 0 radical (unpaired) electrons. The van der Waals surface area contributed by atoms with Crippen LogP contribution in [0.4, 0.5) is 0 Å². The number of hydrogen-bond acceptors (Lipinski definition) is 4. The molecule has 0 aromatic carbocycles. The van der Waals surface area contributed by atoms with Crippen LogP contribution in [0.15, 0.2) is 6.20 Å². The summed E-state index contributed by atoms with van der Waals surface area (Å²) in [5.74, 6) is 1.54. The van der Waals surface area contributed by atoms with Crippen molar-refractivity contribution in [2.24, 2.45) is 5.92 Å². The van der Waals surface area contributed by atoms with Gasteiger partial charge in [0.05, 0.1) is 0 Å². The lowest BCUT2D eigenvalue weighted by Crippen LogP contribution is -2.29. The molecule has 0 aliphatic heterocycles. The molecule has 0 bridgehead atoms. The fraction of sp³-hybridized carbons (Fsp3) is 0.733. The van der Waals surface area contributed by atoms with Gasteiger partial charge in [0.15, 0.2) is 5.82 Å². The van der Waals surface area contributed by atoms with Gasteiger partial charge in [-0.15, -0.1) is 0 Å². The minimum absolute atomic E-state index is 0.364. The third kappa shape index (κ3) is 2.95. The van der Waals surface area contributed by atoms with E-state index in [0.717, 1.165) is 31.6 Å². The van der Waals surface area contributed by atoms with E-state index in [1.807, 2.05) is 13.2 Å². The first-order chi connectivity index (χ1) is 9.12. The Morgan fingerprint density at radius 1 is 1.53 bits per heavy atom. The van der Waals surface area contributed by atoms with E-state index >= 15 is 0 Å². The Morgan fingerprint density at radius 2 is 2.32 bits per heavy atom. The number of aromatic nitrogens is 2. The Labute approximate surface area is 116 Å². The average molecular weight is 263 g/mol. The zero-order valence-electron chi connectivity index (χ0n) is 12.5. The normalized spacial score (nSPS) is 21.8. The Bertz CT molecular complexity index is 429. The molecule has 4 nitrogen and oxygen atoms in total. The number of nitrogens with one attached hydrogen (secondary N) is 1. The first-order valence-corrected chi connectivity index (χ1v) is 7.18. The monoisotopic (exact) mass is 263 g/mol. The number of rotatable bonds is 5. The number of nitrogens with zero attached hydrogens (tertiary/aromatic N) is 2. The first-order valence-electron chi connectivity index (χ1n) is 7.18. The molecule has 0 saturated carbocycles. The predicted octanol–water partition coefficient (Wildman–Crippen LogP) is 2.07. The molecule has 1 N–H and O–H groups in total. The van der Waals surface area contributed by atoms with Crippen molar-refractivity contribution in [1.82, 2.24) is 15.3 Å². The molecule has 1 aliphatic rings. The topological polar surface area (TPSA) is 47.0 Å². The van der Waals surface area contributed by atoms with Gasteiger partial charge in [-0.1, -0.05) is 6.92 Å². The maximum absolute atomic E-state index is 5.59. The molecule has 1 aromatic rings. The number of hydrogen-bond donors (Lipinski definition) is 1. The van der Waals surface area contributed by atoms with Crippen LogP contribution in [0, 0.1) is 5.92 Å². The summed E-state index contributed by atoms with van der Waals surface area (Å²) in [6, 6.07) is 0. The number of methoxy groups -OCH3 is 1. The van der Waals surface area contributed by atoms with Crippen LogP contribution in [0.5, 0.6) is 0 Å². The summed E-state index contributed by atoms with van der Waals surface area (Å²) in [7, 11) is 3.75. The van der Waals surface area contributed by atoms with Crippen LogP contribution in [-0.4, -0.2) is 30.7 Å². The van der Waals surface area contributed by atoms with Crippen molar-refractivity contribution in [3.8, 4) is 0 Å². The van der Waals surface area contributed by atoms with E-state index in [2.05, 4.69) is 24.1 Å². The number of ether oxygens (including phenoxy) is 1. The molecule has 2 atom stereocenters. The zero-order valence-corrected chi connectivity index (χ0v) is 12.5. The zero-order chi connectivity index (χ0) is 13.9. The summed E-state index contributed by atoms with van der Waals surface area (Å²) in [4.78, 5) is 9.31. The van der Waals surface area contributed by atoms with Gasteiger partial charge in [-0.3, -0.25) is 0 Å². The van der Waals surface area contributed by atoms with Crippen LogP contribution in [0.2, 0.25) is 0 Å². The summed E-state index contributed by atoms with van der Waals surface area (Å²) < 4.78 is 5.59. The van der Waals surface area contributed by atoms with Crippen molar-refractivity contribution in [2.75, 3.05) is 20.7 Å². The summed E-state index contributed by atoms with van der Waals surface area (Å²) in [6.07, 6.45) is 6.24. The molecule has 106 valence electrons. The second-order valence-electron chi connectivity index (χ2n) is 5.62. The van der Waals surface area contributed by atoms with E-state index in [1.54, 1.807) is 7.11 Å². The highest BCUT2D eigenvalue weighted by Gasteiger charge is 2.29. The van der Waals surface area contributed by atoms with Crippen LogP contribution in [0.25, 0.3) is 0 Å². The van der Waals surface area contributed by atoms with Gasteiger partial charge in [-0.2, -0.15) is 0 Å². The van der Waals surface area contributed by atoms with Gasteiger partial charge in [-0.05, 0) is 57.7 Å². The quantitative estimate of drug-likeness (QED) is 0.883. The number of fused-ring (bicyclic) bond motifs is 1.